The summed E-state index contributed by atoms with van der Waals surface area (Å²) in [6, 6.07) is 15.3. The van der Waals surface area contributed by atoms with E-state index in [1.807, 2.05) is 49.4 Å². The summed E-state index contributed by atoms with van der Waals surface area (Å²) in [6.45, 7) is 1.86. The number of nitrogen functional groups attached to an aromatic ring is 1. The predicted octanol–water partition coefficient (Wildman–Crippen LogP) is 4.98. The lowest BCUT2D eigenvalue weighted by Crippen LogP contribution is -2.13. The third-order valence-corrected chi connectivity index (χ3v) is 5.02. The standard InChI is InChI=1S/C22H21ClN4O2/c1-13(29-22-20(24)25-12-19(23)27-22)15-4-3-7-18(11-15)26-21(28)17-6-2-5-16(10-17)14-8-9-14/h2-7,10-14H,8-9H2,1H3,(H2,24,25)(H,26,28)/t13-/m1/s1. The molecule has 1 heterocycles. The van der Waals surface area contributed by atoms with Crippen molar-refractivity contribution in [3.05, 3.63) is 76.6 Å². The fourth-order valence-corrected chi connectivity index (χ4v) is 3.23. The first-order valence-corrected chi connectivity index (χ1v) is 9.83. The molecule has 6 nitrogen and oxygen atoms in total. The molecular formula is C22H21ClN4O2. The average Bonchev–Trinajstić information content (AvgIpc) is 3.56. The van der Waals surface area contributed by atoms with E-state index in [9.17, 15) is 4.79 Å². The molecule has 7 heteroatoms. The van der Waals surface area contributed by atoms with Gasteiger partial charge in [0.25, 0.3) is 11.8 Å². The number of anilines is 2. The number of hydrogen-bond donors (Lipinski definition) is 2. The first-order chi connectivity index (χ1) is 14.0. The number of rotatable bonds is 6. The summed E-state index contributed by atoms with van der Waals surface area (Å²) < 4.78 is 5.81. The summed E-state index contributed by atoms with van der Waals surface area (Å²) in [4.78, 5) is 20.7. The molecule has 3 aromatic rings. The highest BCUT2D eigenvalue weighted by Crippen LogP contribution is 2.40. The van der Waals surface area contributed by atoms with Gasteiger partial charge in [0.2, 0.25) is 0 Å². The Hall–Kier alpha value is -3.12. The van der Waals surface area contributed by atoms with Crippen molar-refractivity contribution < 1.29 is 9.53 Å². The van der Waals surface area contributed by atoms with Crippen molar-refractivity contribution >= 4 is 29.0 Å². The molecule has 1 aliphatic carbocycles. The van der Waals surface area contributed by atoms with E-state index < -0.39 is 0 Å². The van der Waals surface area contributed by atoms with E-state index in [2.05, 4.69) is 21.4 Å². The van der Waals surface area contributed by atoms with Crippen molar-refractivity contribution in [3.63, 3.8) is 0 Å². The van der Waals surface area contributed by atoms with Crippen LogP contribution in [0.3, 0.4) is 0 Å². The number of amides is 1. The molecule has 0 unspecified atom stereocenters. The van der Waals surface area contributed by atoms with Gasteiger partial charge >= 0.3 is 0 Å². The van der Waals surface area contributed by atoms with Gasteiger partial charge < -0.3 is 15.8 Å². The molecular weight excluding hydrogens is 388 g/mol. The van der Waals surface area contributed by atoms with E-state index in [1.165, 1.54) is 24.6 Å². The Morgan fingerprint density at radius 1 is 1.24 bits per heavy atom. The molecule has 3 N–H and O–H groups in total. The Morgan fingerprint density at radius 2 is 2.03 bits per heavy atom. The molecule has 148 valence electrons. The lowest BCUT2D eigenvalue weighted by molar-refractivity contribution is 0.102. The van der Waals surface area contributed by atoms with Crippen LogP contribution in [0.25, 0.3) is 0 Å². The van der Waals surface area contributed by atoms with Gasteiger partial charge in [0.15, 0.2) is 11.0 Å². The van der Waals surface area contributed by atoms with Gasteiger partial charge in [-0.3, -0.25) is 4.79 Å². The van der Waals surface area contributed by atoms with Crippen molar-refractivity contribution in [1.82, 2.24) is 9.97 Å². The lowest BCUT2D eigenvalue weighted by atomic mass is 10.1. The Morgan fingerprint density at radius 3 is 2.83 bits per heavy atom. The maximum absolute atomic E-state index is 12.7. The minimum Gasteiger partial charge on any atom is -0.467 e. The van der Waals surface area contributed by atoms with Crippen LogP contribution in [-0.2, 0) is 0 Å². The molecule has 29 heavy (non-hydrogen) atoms. The van der Waals surface area contributed by atoms with Gasteiger partial charge in [-0.1, -0.05) is 35.9 Å². The van der Waals surface area contributed by atoms with Gasteiger partial charge in [0.1, 0.15) is 6.10 Å². The molecule has 0 aliphatic heterocycles. The molecule has 1 aromatic heterocycles. The summed E-state index contributed by atoms with van der Waals surface area (Å²) in [7, 11) is 0. The molecule has 1 aliphatic rings. The summed E-state index contributed by atoms with van der Waals surface area (Å²) in [5.74, 6) is 0.812. The van der Waals surface area contributed by atoms with Crippen LogP contribution in [0.2, 0.25) is 5.15 Å². The Bertz CT molecular complexity index is 1050. The number of halogens is 1. The van der Waals surface area contributed by atoms with Crippen molar-refractivity contribution in [2.45, 2.75) is 31.8 Å². The Balaban J connectivity index is 1.47. The third-order valence-electron chi connectivity index (χ3n) is 4.84. The molecule has 4 rings (SSSR count). The zero-order valence-corrected chi connectivity index (χ0v) is 16.7. The minimum absolute atomic E-state index is 0.136. The van der Waals surface area contributed by atoms with Crippen LogP contribution in [0, 0.1) is 0 Å². The Kier molecular flexibility index (Phi) is 5.36. The van der Waals surface area contributed by atoms with Gasteiger partial charge in [0, 0.05) is 11.3 Å². The smallest absolute Gasteiger partial charge is 0.259 e. The lowest BCUT2D eigenvalue weighted by Gasteiger charge is -2.16. The van der Waals surface area contributed by atoms with Gasteiger partial charge in [-0.2, -0.15) is 4.98 Å². The van der Waals surface area contributed by atoms with E-state index in [4.69, 9.17) is 22.1 Å². The van der Waals surface area contributed by atoms with E-state index >= 15 is 0 Å². The first kappa shape index (κ1) is 19.2. The van der Waals surface area contributed by atoms with E-state index in [0.717, 1.165) is 5.56 Å². The number of aromatic nitrogens is 2. The van der Waals surface area contributed by atoms with Crippen LogP contribution in [0.15, 0.2) is 54.7 Å². The number of nitrogens with two attached hydrogens (primary N) is 1. The highest BCUT2D eigenvalue weighted by atomic mass is 35.5. The third kappa shape index (κ3) is 4.66. The molecule has 2 aromatic carbocycles. The normalized spacial score (nSPS) is 14.3. The maximum atomic E-state index is 12.7. The molecule has 0 bridgehead atoms. The molecule has 1 saturated carbocycles. The quantitative estimate of drug-likeness (QED) is 0.600. The van der Waals surface area contributed by atoms with E-state index in [-0.39, 0.29) is 28.9 Å². The molecule has 0 spiro atoms. The number of hydrogen-bond acceptors (Lipinski definition) is 5. The SMILES string of the molecule is C[C@@H](Oc1nc(Cl)cnc1N)c1cccc(NC(=O)c2cccc(C3CC3)c2)c1. The number of nitrogens with one attached hydrogen (secondary N) is 1. The van der Waals surface area contributed by atoms with Crippen LogP contribution < -0.4 is 15.8 Å². The van der Waals surface area contributed by atoms with Gasteiger partial charge in [-0.05, 0) is 61.1 Å². The zero-order valence-electron chi connectivity index (χ0n) is 15.9. The number of nitrogens with zero attached hydrogens (tertiary/aromatic N) is 2. The van der Waals surface area contributed by atoms with Crippen LogP contribution in [-0.4, -0.2) is 15.9 Å². The van der Waals surface area contributed by atoms with Crippen molar-refractivity contribution in [3.8, 4) is 5.88 Å². The van der Waals surface area contributed by atoms with Gasteiger partial charge in [-0.25, -0.2) is 4.98 Å². The molecule has 1 atom stereocenters. The second-order valence-electron chi connectivity index (χ2n) is 7.12. The van der Waals surface area contributed by atoms with Crippen molar-refractivity contribution in [2.24, 2.45) is 0 Å². The van der Waals surface area contributed by atoms with E-state index in [0.29, 0.717) is 17.2 Å². The summed E-state index contributed by atoms with van der Waals surface area (Å²) in [6.07, 6.45) is 3.40. The molecule has 1 amide bonds. The number of ether oxygens (including phenoxy) is 1. The average molecular weight is 409 g/mol. The predicted molar refractivity (Wildman–Crippen MR) is 113 cm³/mol. The summed E-state index contributed by atoms with van der Waals surface area (Å²) >= 11 is 5.86. The van der Waals surface area contributed by atoms with Crippen LogP contribution in [0.5, 0.6) is 5.88 Å². The molecule has 0 saturated heterocycles. The van der Waals surface area contributed by atoms with Crippen LogP contribution in [0.4, 0.5) is 11.5 Å². The van der Waals surface area contributed by atoms with Crippen molar-refractivity contribution in [1.29, 1.82) is 0 Å². The second kappa shape index (κ2) is 8.09. The van der Waals surface area contributed by atoms with E-state index in [1.54, 1.807) is 0 Å². The largest absolute Gasteiger partial charge is 0.467 e. The minimum atomic E-state index is -0.361. The van der Waals surface area contributed by atoms with Crippen LogP contribution >= 0.6 is 11.6 Å². The highest BCUT2D eigenvalue weighted by Gasteiger charge is 2.24. The topological polar surface area (TPSA) is 90.1 Å². The molecule has 1 fully saturated rings. The highest BCUT2D eigenvalue weighted by molar-refractivity contribution is 6.29. The first-order valence-electron chi connectivity index (χ1n) is 9.45. The monoisotopic (exact) mass is 408 g/mol. The summed E-state index contributed by atoms with van der Waals surface area (Å²) in [5, 5.41) is 3.16. The zero-order chi connectivity index (χ0) is 20.4. The molecule has 0 radical (unpaired) electrons. The van der Waals surface area contributed by atoms with Crippen LogP contribution in [0.1, 0.15) is 53.3 Å². The number of carbonyl (C=O) groups is 1. The summed E-state index contributed by atoms with van der Waals surface area (Å²) in [5.41, 5.74) is 9.23. The Labute approximate surface area is 174 Å². The number of benzene rings is 2. The fourth-order valence-electron chi connectivity index (χ4n) is 3.11. The fraction of sp³-hybridized carbons (Fsp3) is 0.227. The van der Waals surface area contributed by atoms with Crippen molar-refractivity contribution in [2.75, 3.05) is 11.1 Å². The van der Waals surface area contributed by atoms with Gasteiger partial charge in [0.05, 0.1) is 6.20 Å². The second-order valence-corrected chi connectivity index (χ2v) is 7.51. The van der Waals surface area contributed by atoms with Gasteiger partial charge in [-0.15, -0.1) is 0 Å². The number of carbonyl (C=O) groups excluding carboxylic acids is 1. The maximum Gasteiger partial charge on any atom is 0.259 e.